The number of anilines is 3. The number of pyridine rings is 2. The van der Waals surface area contributed by atoms with Crippen LogP contribution in [-0.2, 0) is 16.0 Å². The number of carbonyl (C=O) groups is 1. The summed E-state index contributed by atoms with van der Waals surface area (Å²) in [7, 11) is 0. The summed E-state index contributed by atoms with van der Waals surface area (Å²) in [5.41, 5.74) is 3.25. The number of aromatic nitrogens is 2. The summed E-state index contributed by atoms with van der Waals surface area (Å²) in [6.45, 7) is 13.5. The zero-order valence-corrected chi connectivity index (χ0v) is 28.4. The molecule has 10 heteroatoms. The second-order valence-electron chi connectivity index (χ2n) is 14.0. The Labute approximate surface area is 281 Å². The molecule has 1 aliphatic heterocycles. The van der Waals surface area contributed by atoms with E-state index in [2.05, 4.69) is 29.0 Å². The van der Waals surface area contributed by atoms with Crippen LogP contribution in [0.5, 0.6) is 5.75 Å². The van der Waals surface area contributed by atoms with Crippen LogP contribution in [0, 0.1) is 24.0 Å². The minimum absolute atomic E-state index is 0.00519. The maximum atomic E-state index is 15.0. The SMILES string of the molecule is Cc1nc(Nc2ncccc2F)c(-c2ccc(OCCc3ccc(F)cc3)cc2)c(N2CCC(C)(C)CC2)c1[C@H](OC(C)(C)C)C(=O)O. The maximum absolute atomic E-state index is 15.0. The van der Waals surface area contributed by atoms with Gasteiger partial charge in [-0.3, -0.25) is 0 Å². The summed E-state index contributed by atoms with van der Waals surface area (Å²) in [5, 5.41) is 13.7. The van der Waals surface area contributed by atoms with Crippen molar-refractivity contribution in [1.82, 2.24) is 9.97 Å². The highest BCUT2D eigenvalue weighted by molar-refractivity contribution is 5.93. The molecular weight excluding hydrogens is 614 g/mol. The predicted octanol–water partition coefficient (Wildman–Crippen LogP) is 8.66. The van der Waals surface area contributed by atoms with Crippen molar-refractivity contribution >= 4 is 23.3 Å². The van der Waals surface area contributed by atoms with Crippen LogP contribution in [0.3, 0.4) is 0 Å². The number of halogens is 2. The molecule has 2 N–H and O–H groups in total. The molecule has 254 valence electrons. The Balaban J connectivity index is 1.63. The van der Waals surface area contributed by atoms with E-state index in [4.69, 9.17) is 14.5 Å². The van der Waals surface area contributed by atoms with Crippen molar-refractivity contribution in [3.63, 3.8) is 0 Å². The minimum atomic E-state index is -1.31. The average molecular weight is 659 g/mol. The standard InChI is InChI=1S/C38H44F2N4O4/c1-24-30(33(36(45)46)48-37(2,3)4)32(44-21-18-38(5,6)19-22-44)31(35(42-24)43-34-29(40)8-7-20-41-34)26-11-15-28(16-12-26)47-23-17-25-9-13-27(39)14-10-25/h7-16,20,33H,17-19,21-23H2,1-6H3,(H,45,46)(H,41,42,43)/t33-/m0/s1. The lowest BCUT2D eigenvalue weighted by Gasteiger charge is -2.41. The summed E-state index contributed by atoms with van der Waals surface area (Å²) >= 11 is 0. The third-order valence-electron chi connectivity index (χ3n) is 8.50. The molecule has 0 spiro atoms. The average Bonchev–Trinajstić information content (AvgIpc) is 3.02. The van der Waals surface area contributed by atoms with Gasteiger partial charge in [-0.1, -0.05) is 38.1 Å². The normalized spacial score (nSPS) is 15.2. The Hall–Kier alpha value is -4.57. The Morgan fingerprint density at radius 2 is 1.69 bits per heavy atom. The monoisotopic (exact) mass is 658 g/mol. The summed E-state index contributed by atoms with van der Waals surface area (Å²) < 4.78 is 40.5. The van der Waals surface area contributed by atoms with Crippen LogP contribution >= 0.6 is 0 Å². The first-order valence-corrected chi connectivity index (χ1v) is 16.3. The Kier molecular flexibility index (Phi) is 10.3. The molecule has 1 atom stereocenters. The van der Waals surface area contributed by atoms with E-state index in [-0.39, 0.29) is 17.1 Å². The van der Waals surface area contributed by atoms with E-state index in [1.807, 2.05) is 45.0 Å². The van der Waals surface area contributed by atoms with Crippen molar-refractivity contribution in [3.8, 4) is 16.9 Å². The van der Waals surface area contributed by atoms with Gasteiger partial charge in [-0.05, 0) is 93.5 Å². The van der Waals surface area contributed by atoms with Crippen molar-refractivity contribution in [2.24, 2.45) is 5.41 Å². The molecule has 0 radical (unpaired) electrons. The van der Waals surface area contributed by atoms with Crippen LogP contribution in [-0.4, -0.2) is 46.3 Å². The Bertz CT molecular complexity index is 1730. The molecule has 0 bridgehead atoms. The van der Waals surface area contributed by atoms with Gasteiger partial charge in [-0.2, -0.15) is 0 Å². The van der Waals surface area contributed by atoms with Gasteiger partial charge >= 0.3 is 5.97 Å². The number of aryl methyl sites for hydroxylation is 1. The molecule has 4 aromatic rings. The molecule has 2 aromatic carbocycles. The van der Waals surface area contributed by atoms with Gasteiger partial charge in [0.05, 0.1) is 17.9 Å². The lowest BCUT2D eigenvalue weighted by Crippen LogP contribution is -2.39. The smallest absolute Gasteiger partial charge is 0.337 e. The second kappa shape index (κ2) is 14.3. The lowest BCUT2D eigenvalue weighted by molar-refractivity contribution is -0.160. The topological polar surface area (TPSA) is 96.8 Å². The van der Waals surface area contributed by atoms with Gasteiger partial charge in [0.2, 0.25) is 0 Å². The number of carboxylic acids is 1. The van der Waals surface area contributed by atoms with Crippen molar-refractivity contribution in [2.45, 2.75) is 72.5 Å². The molecule has 8 nitrogen and oxygen atoms in total. The molecule has 3 heterocycles. The third-order valence-corrected chi connectivity index (χ3v) is 8.50. The van der Waals surface area contributed by atoms with Gasteiger partial charge in [0.1, 0.15) is 17.4 Å². The van der Waals surface area contributed by atoms with Gasteiger partial charge < -0.3 is 24.8 Å². The zero-order valence-electron chi connectivity index (χ0n) is 28.4. The molecule has 0 unspecified atom stereocenters. The number of ether oxygens (including phenoxy) is 2. The number of aliphatic carboxylic acids is 1. The molecular formula is C38H44F2N4O4. The van der Waals surface area contributed by atoms with Gasteiger partial charge in [0.15, 0.2) is 17.7 Å². The molecule has 1 saturated heterocycles. The molecule has 0 saturated carbocycles. The first kappa shape index (κ1) is 34.8. The first-order chi connectivity index (χ1) is 22.7. The highest BCUT2D eigenvalue weighted by Crippen LogP contribution is 2.47. The fraction of sp³-hybridized carbons (Fsp3) is 0.395. The second-order valence-corrected chi connectivity index (χ2v) is 14.0. The number of nitrogens with one attached hydrogen (secondary N) is 1. The van der Waals surface area contributed by atoms with Gasteiger partial charge in [-0.25, -0.2) is 23.5 Å². The van der Waals surface area contributed by atoms with Crippen molar-refractivity contribution < 1.29 is 28.2 Å². The largest absolute Gasteiger partial charge is 0.493 e. The van der Waals surface area contributed by atoms with E-state index in [9.17, 15) is 18.7 Å². The Morgan fingerprint density at radius 1 is 1.02 bits per heavy atom. The predicted molar refractivity (Wildman–Crippen MR) is 184 cm³/mol. The molecule has 2 aromatic heterocycles. The number of nitrogens with zero attached hydrogens (tertiary/aromatic N) is 3. The van der Waals surface area contributed by atoms with Crippen molar-refractivity contribution in [2.75, 3.05) is 29.9 Å². The zero-order chi connectivity index (χ0) is 34.6. The van der Waals surface area contributed by atoms with Crippen molar-refractivity contribution in [1.29, 1.82) is 0 Å². The first-order valence-electron chi connectivity index (χ1n) is 16.3. The van der Waals surface area contributed by atoms with E-state index in [0.717, 1.165) is 24.0 Å². The van der Waals surface area contributed by atoms with Crippen LogP contribution in [0.2, 0.25) is 0 Å². The summed E-state index contributed by atoms with van der Waals surface area (Å²) in [4.78, 5) is 24.2. The van der Waals surface area contributed by atoms with Crippen LogP contribution in [0.15, 0.2) is 66.9 Å². The third kappa shape index (κ3) is 8.47. The highest BCUT2D eigenvalue weighted by atomic mass is 19.1. The van der Waals surface area contributed by atoms with E-state index in [0.29, 0.717) is 60.2 Å². The van der Waals surface area contributed by atoms with Crippen LogP contribution in [0.4, 0.5) is 26.1 Å². The molecule has 0 aliphatic carbocycles. The van der Waals surface area contributed by atoms with Crippen LogP contribution < -0.4 is 15.0 Å². The van der Waals surface area contributed by atoms with Crippen molar-refractivity contribution in [3.05, 3.63) is 95.3 Å². The summed E-state index contributed by atoms with van der Waals surface area (Å²) in [6, 6.07) is 16.6. The van der Waals surface area contributed by atoms with Crippen LogP contribution in [0.25, 0.3) is 11.1 Å². The number of benzene rings is 2. The summed E-state index contributed by atoms with van der Waals surface area (Å²) in [6.07, 6.45) is 2.58. The lowest BCUT2D eigenvalue weighted by atomic mass is 9.82. The van der Waals surface area contributed by atoms with E-state index in [1.165, 1.54) is 30.5 Å². The highest BCUT2D eigenvalue weighted by Gasteiger charge is 2.37. The molecule has 0 amide bonds. The number of piperidine rings is 1. The van der Waals surface area contributed by atoms with E-state index >= 15 is 0 Å². The fourth-order valence-electron chi connectivity index (χ4n) is 5.88. The number of hydrogen-bond donors (Lipinski definition) is 2. The van der Waals surface area contributed by atoms with E-state index < -0.39 is 23.5 Å². The molecule has 5 rings (SSSR count). The number of hydrogen-bond acceptors (Lipinski definition) is 7. The quantitative estimate of drug-likeness (QED) is 0.165. The van der Waals surface area contributed by atoms with Crippen LogP contribution in [0.1, 0.15) is 70.4 Å². The Morgan fingerprint density at radius 3 is 2.29 bits per heavy atom. The minimum Gasteiger partial charge on any atom is -0.493 e. The number of rotatable bonds is 11. The molecule has 1 aliphatic rings. The summed E-state index contributed by atoms with van der Waals surface area (Å²) in [5.74, 6) is -0.967. The number of carboxylic acid groups (broad SMARTS) is 1. The molecule has 48 heavy (non-hydrogen) atoms. The fourth-order valence-corrected chi connectivity index (χ4v) is 5.88. The maximum Gasteiger partial charge on any atom is 0.337 e. The van der Waals surface area contributed by atoms with Gasteiger partial charge in [0.25, 0.3) is 0 Å². The van der Waals surface area contributed by atoms with Gasteiger partial charge in [-0.15, -0.1) is 0 Å². The molecule has 1 fully saturated rings. The van der Waals surface area contributed by atoms with E-state index in [1.54, 1.807) is 19.1 Å². The van der Waals surface area contributed by atoms with Gasteiger partial charge in [0, 0.05) is 42.5 Å².